The van der Waals surface area contributed by atoms with Crippen molar-refractivity contribution in [1.82, 2.24) is 20.7 Å². The van der Waals surface area contributed by atoms with Gasteiger partial charge in [0.15, 0.2) is 5.69 Å². The van der Waals surface area contributed by atoms with Gasteiger partial charge in [0.1, 0.15) is 0 Å². The lowest BCUT2D eigenvalue weighted by molar-refractivity contribution is 0.0938. The molecule has 1 aromatic heterocycles. The van der Waals surface area contributed by atoms with Crippen molar-refractivity contribution in [1.29, 1.82) is 0 Å². The molecule has 1 rings (SSSR count). The van der Waals surface area contributed by atoms with Crippen molar-refractivity contribution in [2.75, 3.05) is 12.0 Å². The fourth-order valence-electron chi connectivity index (χ4n) is 0.900. The third kappa shape index (κ3) is 3.06. The molecule has 0 aromatic carbocycles. The van der Waals surface area contributed by atoms with Gasteiger partial charge in [0.05, 0.1) is 6.20 Å². The lowest BCUT2D eigenvalue weighted by Gasteiger charge is -2.10. The Kier molecular flexibility index (Phi) is 3.75. The van der Waals surface area contributed by atoms with Crippen LogP contribution in [-0.4, -0.2) is 39.4 Å². The summed E-state index contributed by atoms with van der Waals surface area (Å²) in [5.74, 6) is 0.708. The molecule has 0 aliphatic heterocycles. The van der Waals surface area contributed by atoms with Crippen LogP contribution in [0.15, 0.2) is 6.20 Å². The topological polar surface area (TPSA) is 70.7 Å². The highest BCUT2D eigenvalue weighted by Crippen LogP contribution is 1.97. The number of aromatic amines is 1. The number of H-pyrrole nitrogens is 1. The smallest absolute Gasteiger partial charge is 0.273 e. The molecule has 6 heteroatoms. The van der Waals surface area contributed by atoms with Gasteiger partial charge in [0, 0.05) is 11.8 Å². The summed E-state index contributed by atoms with van der Waals surface area (Å²) >= 11 is 1.69. The largest absolute Gasteiger partial charge is 0.347 e. The maximum absolute atomic E-state index is 11.3. The van der Waals surface area contributed by atoms with E-state index in [-0.39, 0.29) is 11.9 Å². The monoisotopic (exact) mass is 200 g/mol. The molecule has 1 aromatic rings. The van der Waals surface area contributed by atoms with Gasteiger partial charge >= 0.3 is 0 Å². The van der Waals surface area contributed by atoms with Crippen molar-refractivity contribution in [3.8, 4) is 0 Å². The Morgan fingerprint density at radius 2 is 2.62 bits per heavy atom. The highest BCUT2D eigenvalue weighted by Gasteiger charge is 2.10. The van der Waals surface area contributed by atoms with Gasteiger partial charge < -0.3 is 5.32 Å². The second-order valence-electron chi connectivity index (χ2n) is 2.69. The molecule has 1 unspecified atom stereocenters. The Hall–Kier alpha value is -1.04. The second kappa shape index (κ2) is 4.86. The van der Waals surface area contributed by atoms with Crippen LogP contribution in [0.4, 0.5) is 0 Å². The van der Waals surface area contributed by atoms with E-state index in [1.54, 1.807) is 11.8 Å². The van der Waals surface area contributed by atoms with Crippen molar-refractivity contribution in [3.05, 3.63) is 11.9 Å². The van der Waals surface area contributed by atoms with Gasteiger partial charge in [-0.25, -0.2) is 0 Å². The third-order valence-corrected chi connectivity index (χ3v) is 2.28. The van der Waals surface area contributed by atoms with Crippen molar-refractivity contribution in [2.24, 2.45) is 0 Å². The third-order valence-electron chi connectivity index (χ3n) is 1.44. The lowest BCUT2D eigenvalue weighted by Crippen LogP contribution is -2.34. The lowest BCUT2D eigenvalue weighted by atomic mass is 10.3. The van der Waals surface area contributed by atoms with E-state index in [0.29, 0.717) is 5.69 Å². The number of hydrogen-bond donors (Lipinski definition) is 2. The molecule has 0 bridgehead atoms. The molecule has 0 saturated heterocycles. The summed E-state index contributed by atoms with van der Waals surface area (Å²) in [6, 6.07) is 0.152. The van der Waals surface area contributed by atoms with Gasteiger partial charge in [-0.15, -0.1) is 0 Å². The van der Waals surface area contributed by atoms with Crippen LogP contribution in [0.2, 0.25) is 0 Å². The number of hydrogen-bond acceptors (Lipinski definition) is 4. The Morgan fingerprint density at radius 1 is 1.85 bits per heavy atom. The molecule has 0 fully saturated rings. The summed E-state index contributed by atoms with van der Waals surface area (Å²) in [6.45, 7) is 1.95. The van der Waals surface area contributed by atoms with Crippen LogP contribution in [0, 0.1) is 0 Å². The molecule has 0 spiro atoms. The number of carbonyl (C=O) groups is 1. The summed E-state index contributed by atoms with van der Waals surface area (Å²) in [6.07, 6.45) is 3.40. The average Bonchev–Trinajstić information content (AvgIpc) is 2.55. The molecule has 1 amide bonds. The number of nitrogens with one attached hydrogen (secondary N) is 2. The normalized spacial score (nSPS) is 12.5. The van der Waals surface area contributed by atoms with Crippen molar-refractivity contribution >= 4 is 17.7 Å². The number of nitrogens with zero attached hydrogens (tertiary/aromatic N) is 2. The molecule has 1 atom stereocenters. The van der Waals surface area contributed by atoms with Gasteiger partial charge in [-0.1, -0.05) is 0 Å². The van der Waals surface area contributed by atoms with Gasteiger partial charge in [0.2, 0.25) is 0 Å². The van der Waals surface area contributed by atoms with Crippen LogP contribution in [0.1, 0.15) is 17.4 Å². The van der Waals surface area contributed by atoms with E-state index in [1.165, 1.54) is 6.20 Å². The van der Waals surface area contributed by atoms with Crippen LogP contribution >= 0.6 is 11.8 Å². The summed E-state index contributed by atoms with van der Waals surface area (Å²) in [5, 5.41) is 12.4. The fourth-order valence-corrected chi connectivity index (χ4v) is 1.48. The molecule has 13 heavy (non-hydrogen) atoms. The summed E-state index contributed by atoms with van der Waals surface area (Å²) in [7, 11) is 0. The number of amides is 1. The molecular formula is C7H12N4OS. The first-order valence-electron chi connectivity index (χ1n) is 3.89. The Morgan fingerprint density at radius 3 is 3.15 bits per heavy atom. The molecule has 0 aliphatic carbocycles. The second-order valence-corrected chi connectivity index (χ2v) is 3.60. The highest BCUT2D eigenvalue weighted by atomic mass is 32.2. The quantitative estimate of drug-likeness (QED) is 0.732. The van der Waals surface area contributed by atoms with E-state index in [2.05, 4.69) is 20.7 Å². The number of carbonyl (C=O) groups excluding carboxylic acids is 1. The van der Waals surface area contributed by atoms with E-state index >= 15 is 0 Å². The number of aromatic nitrogens is 3. The standard InChI is InChI=1S/C7H12N4OS/c1-5(4-13-2)9-7(12)6-3-8-11-10-6/h3,5H,4H2,1-2H3,(H,9,12)(H,8,10,11). The molecule has 0 aliphatic rings. The molecule has 0 radical (unpaired) electrons. The zero-order chi connectivity index (χ0) is 9.68. The highest BCUT2D eigenvalue weighted by molar-refractivity contribution is 7.98. The zero-order valence-electron chi connectivity index (χ0n) is 7.57. The van der Waals surface area contributed by atoms with E-state index < -0.39 is 0 Å². The van der Waals surface area contributed by atoms with Gasteiger partial charge in [-0.05, 0) is 13.2 Å². The molecule has 0 saturated carbocycles. The van der Waals surface area contributed by atoms with Gasteiger partial charge in [0.25, 0.3) is 5.91 Å². The van der Waals surface area contributed by atoms with Gasteiger partial charge in [-0.2, -0.15) is 27.2 Å². The van der Waals surface area contributed by atoms with Crippen molar-refractivity contribution < 1.29 is 4.79 Å². The Balaban J connectivity index is 2.42. The number of thioether (sulfide) groups is 1. The first-order valence-corrected chi connectivity index (χ1v) is 5.29. The zero-order valence-corrected chi connectivity index (χ0v) is 8.39. The minimum atomic E-state index is -0.185. The molecule has 72 valence electrons. The minimum Gasteiger partial charge on any atom is -0.347 e. The first kappa shape index (κ1) is 10.0. The van der Waals surface area contributed by atoms with Crippen LogP contribution in [0.3, 0.4) is 0 Å². The van der Waals surface area contributed by atoms with Crippen LogP contribution in [-0.2, 0) is 0 Å². The fraction of sp³-hybridized carbons (Fsp3) is 0.571. The minimum absolute atomic E-state index is 0.152. The van der Waals surface area contributed by atoms with E-state index in [4.69, 9.17) is 0 Å². The Labute approximate surface area is 80.7 Å². The van der Waals surface area contributed by atoms with E-state index in [9.17, 15) is 4.79 Å². The Bertz CT molecular complexity index is 261. The predicted molar refractivity (Wildman–Crippen MR) is 51.7 cm³/mol. The van der Waals surface area contributed by atoms with Crippen molar-refractivity contribution in [2.45, 2.75) is 13.0 Å². The molecule has 2 N–H and O–H groups in total. The average molecular weight is 200 g/mol. The first-order chi connectivity index (χ1) is 6.24. The maximum Gasteiger partial charge on any atom is 0.273 e. The van der Waals surface area contributed by atoms with Crippen molar-refractivity contribution in [3.63, 3.8) is 0 Å². The van der Waals surface area contributed by atoms with E-state index in [0.717, 1.165) is 5.75 Å². The number of rotatable bonds is 4. The maximum atomic E-state index is 11.3. The van der Waals surface area contributed by atoms with Crippen LogP contribution in [0.25, 0.3) is 0 Å². The van der Waals surface area contributed by atoms with Gasteiger partial charge in [-0.3, -0.25) is 4.79 Å². The SMILES string of the molecule is CSCC(C)NC(=O)c1cn[nH]n1. The molecule has 5 nitrogen and oxygen atoms in total. The summed E-state index contributed by atoms with van der Waals surface area (Å²) < 4.78 is 0. The molecular weight excluding hydrogens is 188 g/mol. The summed E-state index contributed by atoms with van der Waals surface area (Å²) in [4.78, 5) is 11.3. The van der Waals surface area contributed by atoms with Crippen LogP contribution in [0.5, 0.6) is 0 Å². The summed E-state index contributed by atoms with van der Waals surface area (Å²) in [5.41, 5.74) is 0.327. The molecule has 1 heterocycles. The van der Waals surface area contributed by atoms with E-state index in [1.807, 2.05) is 13.2 Å². The van der Waals surface area contributed by atoms with Crippen LogP contribution < -0.4 is 5.32 Å². The predicted octanol–water partition coefficient (Wildman–Crippen LogP) is 0.286.